The maximum absolute atomic E-state index is 13.2. The van der Waals surface area contributed by atoms with Gasteiger partial charge in [-0.1, -0.05) is 6.07 Å². The van der Waals surface area contributed by atoms with E-state index in [4.69, 9.17) is 9.84 Å². The van der Waals surface area contributed by atoms with Crippen LogP contribution in [0.4, 0.5) is 4.39 Å². The molecule has 0 fully saturated rings. The lowest BCUT2D eigenvalue weighted by atomic mass is 10.1. The number of aromatic carboxylic acids is 1. The van der Waals surface area contributed by atoms with Crippen LogP contribution in [-0.4, -0.2) is 38.5 Å². The number of hydrogen-bond donors (Lipinski definition) is 2. The SMILES string of the molecule is O=C(O)COc1cccc2c1c(=O)c(C(=O)O)nn2-c1ccc(F)cc1. The first kappa shape index (κ1) is 17.1. The Balaban J connectivity index is 2.34. The molecule has 0 unspecified atom stereocenters. The number of fused-ring (bicyclic) bond motifs is 1. The van der Waals surface area contributed by atoms with E-state index in [-0.39, 0.29) is 16.7 Å². The highest BCUT2D eigenvalue weighted by molar-refractivity contribution is 5.93. The van der Waals surface area contributed by atoms with Gasteiger partial charge >= 0.3 is 11.9 Å². The fourth-order valence-electron chi connectivity index (χ4n) is 2.42. The van der Waals surface area contributed by atoms with Gasteiger partial charge in [-0.15, -0.1) is 0 Å². The van der Waals surface area contributed by atoms with Gasteiger partial charge in [-0.3, -0.25) is 4.79 Å². The van der Waals surface area contributed by atoms with Crippen LogP contribution in [0.25, 0.3) is 16.6 Å². The van der Waals surface area contributed by atoms with E-state index in [1.54, 1.807) is 0 Å². The third kappa shape index (κ3) is 3.09. The van der Waals surface area contributed by atoms with Crippen LogP contribution in [0.1, 0.15) is 10.5 Å². The molecule has 0 aliphatic carbocycles. The molecular weight excluding hydrogens is 347 g/mol. The number of carboxylic acid groups (broad SMARTS) is 2. The zero-order valence-electron chi connectivity index (χ0n) is 13.0. The lowest BCUT2D eigenvalue weighted by Crippen LogP contribution is -2.23. The quantitative estimate of drug-likeness (QED) is 0.712. The van der Waals surface area contributed by atoms with E-state index < -0.39 is 35.5 Å². The molecule has 3 rings (SSSR count). The van der Waals surface area contributed by atoms with Gasteiger partial charge in [-0.25, -0.2) is 18.7 Å². The molecule has 0 amide bonds. The third-order valence-corrected chi connectivity index (χ3v) is 3.50. The average molecular weight is 358 g/mol. The van der Waals surface area contributed by atoms with E-state index in [2.05, 4.69) is 5.10 Å². The van der Waals surface area contributed by atoms with Crippen molar-refractivity contribution in [2.75, 3.05) is 6.61 Å². The number of hydrogen-bond acceptors (Lipinski definition) is 5. The topological polar surface area (TPSA) is 119 Å². The summed E-state index contributed by atoms with van der Waals surface area (Å²) in [6.07, 6.45) is 0. The van der Waals surface area contributed by atoms with Crippen molar-refractivity contribution in [2.45, 2.75) is 0 Å². The number of nitrogens with zero attached hydrogens (tertiary/aromatic N) is 2. The first-order chi connectivity index (χ1) is 12.4. The Morgan fingerprint density at radius 1 is 1.12 bits per heavy atom. The van der Waals surface area contributed by atoms with E-state index >= 15 is 0 Å². The van der Waals surface area contributed by atoms with Crippen molar-refractivity contribution in [1.29, 1.82) is 0 Å². The predicted molar refractivity (Wildman–Crippen MR) is 87.4 cm³/mol. The second kappa shape index (κ2) is 6.63. The first-order valence-electron chi connectivity index (χ1n) is 7.28. The fraction of sp³-hybridized carbons (Fsp3) is 0.0588. The van der Waals surface area contributed by atoms with Gasteiger partial charge in [0, 0.05) is 0 Å². The number of carboxylic acids is 2. The fourth-order valence-corrected chi connectivity index (χ4v) is 2.42. The summed E-state index contributed by atoms with van der Waals surface area (Å²) in [6, 6.07) is 9.39. The van der Waals surface area contributed by atoms with Crippen LogP contribution < -0.4 is 10.2 Å². The lowest BCUT2D eigenvalue weighted by molar-refractivity contribution is -0.139. The first-order valence-corrected chi connectivity index (χ1v) is 7.28. The molecule has 8 nitrogen and oxygen atoms in total. The molecule has 9 heteroatoms. The van der Waals surface area contributed by atoms with Crippen molar-refractivity contribution in [1.82, 2.24) is 9.78 Å². The second-order valence-corrected chi connectivity index (χ2v) is 5.20. The molecule has 0 aliphatic rings. The average Bonchev–Trinajstić information content (AvgIpc) is 2.60. The molecule has 1 aromatic heterocycles. The highest BCUT2D eigenvalue weighted by Gasteiger charge is 2.20. The molecule has 0 saturated heterocycles. The van der Waals surface area contributed by atoms with E-state index in [0.717, 1.165) is 16.8 Å². The van der Waals surface area contributed by atoms with Gasteiger partial charge in [0.25, 0.3) is 0 Å². The third-order valence-electron chi connectivity index (χ3n) is 3.50. The van der Waals surface area contributed by atoms with Crippen molar-refractivity contribution in [2.24, 2.45) is 0 Å². The van der Waals surface area contributed by atoms with Crippen LogP contribution in [-0.2, 0) is 4.79 Å². The van der Waals surface area contributed by atoms with Crippen molar-refractivity contribution >= 4 is 22.8 Å². The van der Waals surface area contributed by atoms with Gasteiger partial charge in [0.05, 0.1) is 16.6 Å². The van der Waals surface area contributed by atoms with E-state index in [9.17, 15) is 23.9 Å². The summed E-state index contributed by atoms with van der Waals surface area (Å²) in [5.74, 6) is -3.40. The van der Waals surface area contributed by atoms with Crippen molar-refractivity contribution in [3.8, 4) is 11.4 Å². The minimum absolute atomic E-state index is 0.0874. The molecule has 3 aromatic rings. The summed E-state index contributed by atoms with van der Waals surface area (Å²) in [5, 5.41) is 21.8. The molecule has 1 heterocycles. The Morgan fingerprint density at radius 2 is 1.81 bits per heavy atom. The normalized spacial score (nSPS) is 10.7. The van der Waals surface area contributed by atoms with Crippen LogP contribution in [0.5, 0.6) is 5.75 Å². The van der Waals surface area contributed by atoms with E-state index in [1.807, 2.05) is 0 Å². The number of rotatable bonds is 5. The number of benzene rings is 2. The minimum atomic E-state index is -1.55. The van der Waals surface area contributed by atoms with Crippen molar-refractivity contribution in [3.63, 3.8) is 0 Å². The van der Waals surface area contributed by atoms with Crippen LogP contribution >= 0.6 is 0 Å². The van der Waals surface area contributed by atoms with Gasteiger partial charge < -0.3 is 14.9 Å². The number of aromatic nitrogens is 2. The Labute approximate surface area is 144 Å². The Morgan fingerprint density at radius 3 is 2.42 bits per heavy atom. The summed E-state index contributed by atoms with van der Waals surface area (Å²) >= 11 is 0. The summed E-state index contributed by atoms with van der Waals surface area (Å²) in [7, 11) is 0. The highest BCUT2D eigenvalue weighted by atomic mass is 19.1. The van der Waals surface area contributed by atoms with Gasteiger partial charge in [0.1, 0.15) is 11.6 Å². The summed E-state index contributed by atoms with van der Waals surface area (Å²) < 4.78 is 19.5. The van der Waals surface area contributed by atoms with Crippen LogP contribution in [0, 0.1) is 5.82 Å². The minimum Gasteiger partial charge on any atom is -0.481 e. The van der Waals surface area contributed by atoms with Gasteiger partial charge in [-0.05, 0) is 36.4 Å². The predicted octanol–water partition coefficient (Wildman–Crippen LogP) is 1.69. The summed E-state index contributed by atoms with van der Waals surface area (Å²) in [4.78, 5) is 34.7. The van der Waals surface area contributed by atoms with E-state index in [0.29, 0.717) is 5.69 Å². The summed E-state index contributed by atoms with van der Waals surface area (Å²) in [6.45, 7) is -0.709. The van der Waals surface area contributed by atoms with E-state index in [1.165, 1.54) is 30.3 Å². The number of ether oxygens (including phenoxy) is 1. The maximum Gasteiger partial charge on any atom is 0.360 e. The number of halogens is 1. The Bertz CT molecular complexity index is 1080. The molecule has 2 N–H and O–H groups in total. The van der Waals surface area contributed by atoms with Crippen LogP contribution in [0.3, 0.4) is 0 Å². The van der Waals surface area contributed by atoms with Gasteiger partial charge in [-0.2, -0.15) is 5.10 Å². The largest absolute Gasteiger partial charge is 0.481 e. The monoisotopic (exact) mass is 358 g/mol. The van der Waals surface area contributed by atoms with Crippen molar-refractivity contribution < 1.29 is 28.9 Å². The molecule has 0 spiro atoms. The molecule has 0 saturated carbocycles. The molecule has 132 valence electrons. The van der Waals surface area contributed by atoms with Gasteiger partial charge in [0.15, 0.2) is 6.61 Å². The zero-order chi connectivity index (χ0) is 18.8. The second-order valence-electron chi connectivity index (χ2n) is 5.20. The molecule has 0 bridgehead atoms. The van der Waals surface area contributed by atoms with Crippen LogP contribution in [0.15, 0.2) is 47.3 Å². The molecule has 2 aromatic carbocycles. The molecule has 0 aliphatic heterocycles. The number of aliphatic carboxylic acids is 1. The van der Waals surface area contributed by atoms with Crippen molar-refractivity contribution in [3.05, 3.63) is 64.2 Å². The number of carbonyl (C=O) groups is 2. The highest BCUT2D eigenvalue weighted by Crippen LogP contribution is 2.24. The molecule has 26 heavy (non-hydrogen) atoms. The molecular formula is C17H11FN2O6. The molecule has 0 radical (unpaired) electrons. The summed E-state index contributed by atoms with van der Waals surface area (Å²) in [5.41, 5.74) is -1.18. The lowest BCUT2D eigenvalue weighted by Gasteiger charge is -2.13. The Hall–Kier alpha value is -3.75. The Kier molecular flexibility index (Phi) is 4.36. The maximum atomic E-state index is 13.2. The van der Waals surface area contributed by atoms with Gasteiger partial charge in [0.2, 0.25) is 11.1 Å². The smallest absolute Gasteiger partial charge is 0.360 e. The van der Waals surface area contributed by atoms with Crippen LogP contribution in [0.2, 0.25) is 0 Å². The zero-order valence-corrected chi connectivity index (χ0v) is 13.0. The molecule has 0 atom stereocenters. The standard InChI is InChI=1S/C17H11FN2O6/c18-9-4-6-10(7-5-9)20-11-2-1-3-12(26-8-13(21)22)14(11)16(23)15(19-20)17(24)25/h1-7H,8H2,(H,21,22)(H,24,25).